The Morgan fingerprint density at radius 1 is 1.00 bits per heavy atom. The molecule has 0 radical (unpaired) electrons. The molecule has 0 amide bonds. The van der Waals surface area contributed by atoms with Gasteiger partial charge in [0.2, 0.25) is 0 Å². The molecule has 0 spiro atoms. The molecule has 0 fully saturated rings. The van der Waals surface area contributed by atoms with Gasteiger partial charge in [-0.15, -0.1) is 0 Å². The van der Waals surface area contributed by atoms with Gasteiger partial charge in [0.25, 0.3) is 0 Å². The van der Waals surface area contributed by atoms with Crippen molar-refractivity contribution in [1.82, 2.24) is 0 Å². The first kappa shape index (κ1) is 17.3. The van der Waals surface area contributed by atoms with Gasteiger partial charge in [-0.05, 0) is 0 Å². The van der Waals surface area contributed by atoms with Gasteiger partial charge in [0.15, 0.2) is 0 Å². The maximum atomic E-state index is 11.4. The van der Waals surface area contributed by atoms with Crippen LogP contribution in [-0.4, -0.2) is 32.8 Å². The predicted molar refractivity (Wildman–Crippen MR) is 68.0 cm³/mol. The van der Waals surface area contributed by atoms with Crippen LogP contribution in [0, 0.1) is 0 Å². The summed E-state index contributed by atoms with van der Waals surface area (Å²) in [5, 5.41) is 0. The van der Waals surface area contributed by atoms with Crippen LogP contribution >= 0.6 is 25.3 Å². The van der Waals surface area contributed by atoms with Gasteiger partial charge >= 0.3 is 121 Å². The fraction of sp³-hybridized carbons (Fsp3) is 0.800. The molecular formula is C10H18O4S2Zn. The van der Waals surface area contributed by atoms with Crippen molar-refractivity contribution >= 4 is 37.2 Å². The molecule has 4 nitrogen and oxygen atoms in total. The van der Waals surface area contributed by atoms with Crippen molar-refractivity contribution in [2.75, 3.05) is 13.2 Å². The van der Waals surface area contributed by atoms with Gasteiger partial charge in [-0.25, -0.2) is 0 Å². The van der Waals surface area contributed by atoms with Crippen molar-refractivity contribution in [2.45, 2.75) is 34.4 Å². The number of hydrogen-bond donors (Lipinski definition) is 2. The van der Waals surface area contributed by atoms with E-state index in [9.17, 15) is 9.59 Å². The number of hydrogen-bond acceptors (Lipinski definition) is 6. The van der Waals surface area contributed by atoms with Crippen molar-refractivity contribution in [3.8, 4) is 0 Å². The number of rotatable bonds is 8. The number of thiol groups is 2. The second-order valence-corrected chi connectivity index (χ2v) is 12.1. The molecule has 0 heterocycles. The Bertz CT molecular complexity index is 226. The third-order valence-electron chi connectivity index (χ3n) is 1.89. The molecule has 0 saturated carbocycles. The molecule has 0 aliphatic rings. The Morgan fingerprint density at radius 2 is 1.35 bits per heavy atom. The van der Waals surface area contributed by atoms with Gasteiger partial charge in [0.1, 0.15) is 0 Å². The minimum atomic E-state index is -1.57. The van der Waals surface area contributed by atoms with Crippen molar-refractivity contribution in [3.63, 3.8) is 0 Å². The molecule has 0 N–H and O–H groups in total. The molecule has 0 aromatic rings. The van der Waals surface area contributed by atoms with E-state index in [1.54, 1.807) is 0 Å². The van der Waals surface area contributed by atoms with Crippen LogP contribution in [0.2, 0.25) is 0 Å². The van der Waals surface area contributed by atoms with E-state index >= 15 is 0 Å². The summed E-state index contributed by atoms with van der Waals surface area (Å²) in [4.78, 5) is 22.9. The second kappa shape index (κ2) is 10.2. The molecule has 96 valence electrons. The molecule has 0 aromatic carbocycles. The zero-order valence-electron chi connectivity index (χ0n) is 10.2. The van der Waals surface area contributed by atoms with E-state index in [2.05, 4.69) is 25.3 Å². The Kier molecular flexibility index (Phi) is 10.4. The van der Waals surface area contributed by atoms with Crippen molar-refractivity contribution in [3.05, 3.63) is 0 Å². The summed E-state index contributed by atoms with van der Waals surface area (Å²) in [7, 11) is 0. The molecule has 0 aliphatic carbocycles. The molecule has 7 heteroatoms. The average molecular weight is 332 g/mol. The van der Waals surface area contributed by atoms with E-state index < -0.39 is 24.8 Å². The minimum absolute atomic E-state index is 0.336. The standard InChI is InChI=1S/2C5H9O2S.Zn/c2*1-2-3-7-5(6)4-8;/h2*4,8H,2-3H2,1H3;. The van der Waals surface area contributed by atoms with Crippen LogP contribution in [0.5, 0.6) is 0 Å². The van der Waals surface area contributed by atoms with E-state index in [0.29, 0.717) is 13.2 Å². The van der Waals surface area contributed by atoms with E-state index in [1.807, 2.05) is 13.8 Å². The summed E-state index contributed by atoms with van der Waals surface area (Å²) in [6.07, 6.45) is 1.56. The molecular weight excluding hydrogens is 314 g/mol. The van der Waals surface area contributed by atoms with E-state index in [4.69, 9.17) is 9.47 Å². The zero-order chi connectivity index (χ0) is 13.3. The fourth-order valence-electron chi connectivity index (χ4n) is 1.00. The number of carbonyl (C=O) groups is 2. The quantitative estimate of drug-likeness (QED) is 0.402. The molecule has 0 bridgehead atoms. The Morgan fingerprint density at radius 3 is 1.65 bits per heavy atom. The van der Waals surface area contributed by atoms with Gasteiger partial charge in [0, 0.05) is 0 Å². The Hall–Kier alpha value is 0.263. The van der Waals surface area contributed by atoms with E-state index in [0.717, 1.165) is 12.8 Å². The van der Waals surface area contributed by atoms with Crippen molar-refractivity contribution in [2.24, 2.45) is 0 Å². The summed E-state index contributed by atoms with van der Waals surface area (Å²) < 4.78 is 9.01. The topological polar surface area (TPSA) is 52.6 Å². The first-order chi connectivity index (χ1) is 8.02. The first-order valence-corrected chi connectivity index (χ1v) is 10.2. The fourth-order valence-corrected chi connectivity index (χ4v) is 6.40. The third kappa shape index (κ3) is 8.06. The molecule has 2 unspecified atom stereocenters. The van der Waals surface area contributed by atoms with Crippen LogP contribution in [0.25, 0.3) is 0 Å². The predicted octanol–water partition coefficient (Wildman–Crippen LogP) is 1.49. The molecule has 17 heavy (non-hydrogen) atoms. The third-order valence-corrected chi connectivity index (χ3v) is 7.77. The van der Waals surface area contributed by atoms with Gasteiger partial charge in [-0.2, -0.15) is 0 Å². The monoisotopic (exact) mass is 330 g/mol. The summed E-state index contributed by atoms with van der Waals surface area (Å²) in [5.41, 5.74) is 0. The molecule has 0 aromatic heterocycles. The summed E-state index contributed by atoms with van der Waals surface area (Å²) >= 11 is 6.78. The van der Waals surface area contributed by atoms with Crippen LogP contribution in [0.4, 0.5) is 0 Å². The normalized spacial score (nSPS) is 13.4. The van der Waals surface area contributed by atoms with Crippen LogP contribution in [0.1, 0.15) is 26.7 Å². The van der Waals surface area contributed by atoms with Crippen LogP contribution < -0.4 is 0 Å². The maximum absolute atomic E-state index is 11.4. The van der Waals surface area contributed by atoms with Crippen LogP contribution in [0.15, 0.2) is 0 Å². The van der Waals surface area contributed by atoms with Crippen LogP contribution in [-0.2, 0) is 36.2 Å². The van der Waals surface area contributed by atoms with Gasteiger partial charge in [-0.3, -0.25) is 0 Å². The Balaban J connectivity index is 3.96. The van der Waals surface area contributed by atoms with Crippen LogP contribution in [0.3, 0.4) is 0 Å². The van der Waals surface area contributed by atoms with Crippen molar-refractivity contribution in [1.29, 1.82) is 0 Å². The molecule has 0 rings (SSSR count). The average Bonchev–Trinajstić information content (AvgIpc) is 2.32. The molecule has 2 atom stereocenters. The van der Waals surface area contributed by atoms with E-state index in [-0.39, 0.29) is 11.9 Å². The molecule has 0 saturated heterocycles. The Labute approximate surface area is 121 Å². The van der Waals surface area contributed by atoms with Gasteiger partial charge in [0.05, 0.1) is 0 Å². The first-order valence-electron chi connectivity index (χ1n) is 5.72. The van der Waals surface area contributed by atoms with Gasteiger partial charge in [-0.1, -0.05) is 0 Å². The second-order valence-electron chi connectivity index (χ2n) is 3.60. The summed E-state index contributed by atoms with van der Waals surface area (Å²) in [6, 6.07) is 0. The number of carbonyl (C=O) groups excluding carboxylic acids is 2. The zero-order valence-corrected chi connectivity index (χ0v) is 15.0. The summed E-state index contributed by atoms with van der Waals surface area (Å²) in [6.45, 7) is 4.64. The van der Waals surface area contributed by atoms with Gasteiger partial charge < -0.3 is 0 Å². The van der Waals surface area contributed by atoms with E-state index in [1.165, 1.54) is 0 Å². The number of esters is 2. The summed E-state index contributed by atoms with van der Waals surface area (Å²) in [5.74, 6) is -0.671. The molecule has 0 aliphatic heterocycles. The number of ether oxygens (including phenoxy) is 2. The van der Waals surface area contributed by atoms with Crippen molar-refractivity contribution < 1.29 is 36.2 Å². The SMILES string of the molecule is CCCOC(=O)[CH](S)[Zn][CH](S)C(=O)OCCC.